The van der Waals surface area contributed by atoms with E-state index in [2.05, 4.69) is 20.4 Å². The first-order valence-corrected chi connectivity index (χ1v) is 8.18. The van der Waals surface area contributed by atoms with Crippen LogP contribution in [0.4, 0.5) is 0 Å². The van der Waals surface area contributed by atoms with E-state index in [0.717, 1.165) is 26.2 Å². The molecule has 7 heteroatoms. The molecule has 2 aromatic heterocycles. The van der Waals surface area contributed by atoms with Crippen molar-refractivity contribution in [3.05, 3.63) is 24.3 Å². The summed E-state index contributed by atoms with van der Waals surface area (Å²) in [6.07, 6.45) is 8.15. The van der Waals surface area contributed by atoms with Gasteiger partial charge in [-0.25, -0.2) is 0 Å². The number of halogens is 1. The van der Waals surface area contributed by atoms with Crippen LogP contribution in [0.3, 0.4) is 0 Å². The molecule has 0 bridgehead atoms. The summed E-state index contributed by atoms with van der Waals surface area (Å²) in [6.45, 7) is 3.88. The van der Waals surface area contributed by atoms with Gasteiger partial charge in [0.15, 0.2) is 5.76 Å². The third kappa shape index (κ3) is 3.29. The highest BCUT2D eigenvalue weighted by atomic mass is 35.5. The standard InChI is InChI=1S/C16H22N4O2.ClH/c1-2-6-16(7-3-1)12-17-8-9-20(16)11-14-18-15(19-22-14)13-5-4-10-21-13;/h4-5,10,17H,1-3,6-9,11-12H2;1H. The van der Waals surface area contributed by atoms with Gasteiger partial charge in [-0.05, 0) is 25.0 Å². The predicted molar refractivity (Wildman–Crippen MR) is 88.3 cm³/mol. The van der Waals surface area contributed by atoms with Crippen LogP contribution < -0.4 is 5.32 Å². The van der Waals surface area contributed by atoms with Crippen molar-refractivity contribution in [3.63, 3.8) is 0 Å². The molecule has 1 saturated heterocycles. The third-order valence-corrected chi connectivity index (χ3v) is 5.00. The van der Waals surface area contributed by atoms with Crippen LogP contribution in [0.5, 0.6) is 0 Å². The monoisotopic (exact) mass is 338 g/mol. The SMILES string of the molecule is Cl.c1coc(-c2noc(CN3CCNCC34CCCCC4)n2)c1. The summed E-state index contributed by atoms with van der Waals surface area (Å²) in [5, 5.41) is 7.60. The van der Waals surface area contributed by atoms with Crippen molar-refractivity contribution < 1.29 is 8.94 Å². The number of aromatic nitrogens is 2. The summed E-state index contributed by atoms with van der Waals surface area (Å²) in [5.41, 5.74) is 0.274. The van der Waals surface area contributed by atoms with Gasteiger partial charge in [0.1, 0.15) is 0 Å². The Hall–Kier alpha value is -1.37. The molecule has 1 spiro atoms. The number of nitrogens with one attached hydrogen (secondary N) is 1. The Morgan fingerprint density at radius 3 is 2.91 bits per heavy atom. The number of furan rings is 1. The number of nitrogens with zero attached hydrogens (tertiary/aromatic N) is 3. The average Bonchev–Trinajstić information content (AvgIpc) is 3.22. The zero-order valence-corrected chi connectivity index (χ0v) is 14.0. The van der Waals surface area contributed by atoms with E-state index in [4.69, 9.17) is 8.94 Å². The largest absolute Gasteiger partial charge is 0.461 e. The van der Waals surface area contributed by atoms with E-state index in [1.807, 2.05) is 12.1 Å². The molecule has 0 atom stereocenters. The highest BCUT2D eigenvalue weighted by Gasteiger charge is 2.40. The number of hydrogen-bond donors (Lipinski definition) is 1. The number of rotatable bonds is 3. The molecule has 2 aliphatic rings. The summed E-state index contributed by atoms with van der Waals surface area (Å²) in [7, 11) is 0. The van der Waals surface area contributed by atoms with Gasteiger partial charge in [0.2, 0.25) is 11.7 Å². The van der Waals surface area contributed by atoms with Gasteiger partial charge in [0.25, 0.3) is 0 Å². The maximum absolute atomic E-state index is 5.44. The molecule has 2 aromatic rings. The first-order valence-electron chi connectivity index (χ1n) is 8.18. The second kappa shape index (κ2) is 7.03. The highest BCUT2D eigenvalue weighted by Crippen LogP contribution is 2.35. The maximum Gasteiger partial charge on any atom is 0.241 e. The van der Waals surface area contributed by atoms with Gasteiger partial charge in [-0.1, -0.05) is 24.4 Å². The molecule has 0 radical (unpaired) electrons. The zero-order chi connectivity index (χ0) is 14.8. The third-order valence-electron chi connectivity index (χ3n) is 5.00. The zero-order valence-electron chi connectivity index (χ0n) is 13.2. The van der Waals surface area contributed by atoms with E-state index >= 15 is 0 Å². The molecule has 0 aromatic carbocycles. The van der Waals surface area contributed by atoms with E-state index in [-0.39, 0.29) is 17.9 Å². The lowest BCUT2D eigenvalue weighted by molar-refractivity contribution is 0.0135. The molecule has 0 amide bonds. The van der Waals surface area contributed by atoms with E-state index in [1.165, 1.54) is 32.1 Å². The van der Waals surface area contributed by atoms with Gasteiger partial charge in [0.05, 0.1) is 12.8 Å². The molecule has 2 fully saturated rings. The quantitative estimate of drug-likeness (QED) is 0.928. The van der Waals surface area contributed by atoms with E-state index in [9.17, 15) is 0 Å². The summed E-state index contributed by atoms with van der Waals surface area (Å²) in [5.74, 6) is 1.87. The van der Waals surface area contributed by atoms with E-state index in [0.29, 0.717) is 17.5 Å². The fourth-order valence-electron chi connectivity index (χ4n) is 3.82. The Labute approximate surface area is 142 Å². The van der Waals surface area contributed by atoms with Crippen LogP contribution in [-0.2, 0) is 6.54 Å². The lowest BCUT2D eigenvalue weighted by Gasteiger charge is -2.49. The molecular weight excluding hydrogens is 316 g/mol. The lowest BCUT2D eigenvalue weighted by atomic mass is 9.79. The summed E-state index contributed by atoms with van der Waals surface area (Å²) in [4.78, 5) is 7.03. The van der Waals surface area contributed by atoms with Crippen LogP contribution in [0.2, 0.25) is 0 Å². The Morgan fingerprint density at radius 1 is 1.26 bits per heavy atom. The van der Waals surface area contributed by atoms with Gasteiger partial charge >= 0.3 is 0 Å². The second-order valence-corrected chi connectivity index (χ2v) is 6.37. The van der Waals surface area contributed by atoms with Crippen LogP contribution >= 0.6 is 12.4 Å². The van der Waals surface area contributed by atoms with Crippen molar-refractivity contribution in [2.75, 3.05) is 19.6 Å². The molecule has 1 N–H and O–H groups in total. The molecule has 126 valence electrons. The van der Waals surface area contributed by atoms with Crippen LogP contribution in [0.25, 0.3) is 11.6 Å². The van der Waals surface area contributed by atoms with Gasteiger partial charge in [0, 0.05) is 25.2 Å². The molecule has 1 saturated carbocycles. The number of piperazine rings is 1. The number of hydrogen-bond acceptors (Lipinski definition) is 6. The topological polar surface area (TPSA) is 67.3 Å². The minimum absolute atomic E-state index is 0. The molecular formula is C16H23ClN4O2. The minimum Gasteiger partial charge on any atom is -0.461 e. The lowest BCUT2D eigenvalue weighted by Crippen LogP contribution is -2.61. The van der Waals surface area contributed by atoms with E-state index in [1.54, 1.807) is 6.26 Å². The molecule has 4 rings (SSSR count). The normalized spacial score (nSPS) is 21.2. The first kappa shape index (κ1) is 16.5. The molecule has 6 nitrogen and oxygen atoms in total. The first-order chi connectivity index (χ1) is 10.9. The van der Waals surface area contributed by atoms with Gasteiger partial charge in [-0.2, -0.15) is 4.98 Å². The van der Waals surface area contributed by atoms with E-state index < -0.39 is 0 Å². The van der Waals surface area contributed by atoms with Crippen LogP contribution in [0, 0.1) is 0 Å². The van der Waals surface area contributed by atoms with Crippen LogP contribution in [-0.4, -0.2) is 40.2 Å². The smallest absolute Gasteiger partial charge is 0.241 e. The predicted octanol–water partition coefficient (Wildman–Crippen LogP) is 2.86. The molecule has 23 heavy (non-hydrogen) atoms. The highest BCUT2D eigenvalue weighted by molar-refractivity contribution is 5.85. The minimum atomic E-state index is 0. The maximum atomic E-state index is 5.44. The van der Waals surface area contributed by atoms with Crippen LogP contribution in [0.15, 0.2) is 27.3 Å². The Bertz CT molecular complexity index is 599. The van der Waals surface area contributed by atoms with Crippen LogP contribution in [0.1, 0.15) is 38.0 Å². The van der Waals surface area contributed by atoms with Crippen molar-refractivity contribution >= 4 is 12.4 Å². The second-order valence-electron chi connectivity index (χ2n) is 6.37. The average molecular weight is 339 g/mol. The fourth-order valence-corrected chi connectivity index (χ4v) is 3.82. The van der Waals surface area contributed by atoms with Gasteiger partial charge in [-0.15, -0.1) is 12.4 Å². The Morgan fingerprint density at radius 2 is 2.13 bits per heavy atom. The molecule has 3 heterocycles. The van der Waals surface area contributed by atoms with Gasteiger partial charge in [-0.3, -0.25) is 4.90 Å². The van der Waals surface area contributed by atoms with Crippen molar-refractivity contribution in [2.45, 2.75) is 44.2 Å². The van der Waals surface area contributed by atoms with Crippen molar-refractivity contribution in [2.24, 2.45) is 0 Å². The van der Waals surface area contributed by atoms with Crippen molar-refractivity contribution in [3.8, 4) is 11.6 Å². The fraction of sp³-hybridized carbons (Fsp3) is 0.625. The van der Waals surface area contributed by atoms with Gasteiger partial charge < -0.3 is 14.3 Å². The summed E-state index contributed by atoms with van der Waals surface area (Å²) < 4.78 is 10.8. The van der Waals surface area contributed by atoms with Crippen molar-refractivity contribution in [1.29, 1.82) is 0 Å². The molecule has 0 unspecified atom stereocenters. The molecule has 1 aliphatic carbocycles. The molecule has 1 aliphatic heterocycles. The Balaban J connectivity index is 0.00000156. The Kier molecular flexibility index (Phi) is 5.04. The van der Waals surface area contributed by atoms with Crippen molar-refractivity contribution in [1.82, 2.24) is 20.4 Å². The summed E-state index contributed by atoms with van der Waals surface area (Å²) >= 11 is 0. The summed E-state index contributed by atoms with van der Waals surface area (Å²) in [6, 6.07) is 3.68.